The third kappa shape index (κ3) is 50.4. The summed E-state index contributed by atoms with van der Waals surface area (Å²) in [5, 5.41) is 0. The van der Waals surface area contributed by atoms with Crippen molar-refractivity contribution in [1.29, 1.82) is 0 Å². The van der Waals surface area contributed by atoms with Crippen molar-refractivity contribution in [3.63, 3.8) is 0 Å². The smallest absolute Gasteiger partial charge is 0.672 e. The minimum Gasteiger partial charge on any atom is -0.672 e. The average molecular weight is 123 g/mol. The van der Waals surface area contributed by atoms with Gasteiger partial charge in [0.15, 0.2) is 0 Å². The van der Waals surface area contributed by atoms with Gasteiger partial charge in [-0.2, -0.15) is 0 Å². The average Bonchev–Trinajstić information content (AvgIpc) is 0.811. The molecule has 0 unspecified atom stereocenters. The minimum atomic E-state index is -3.63. The third-order valence-corrected chi connectivity index (χ3v) is 0. The molecule has 0 heterocycles. The molecule has 24 valence electrons. The van der Waals surface area contributed by atoms with E-state index in [9.17, 15) is 0 Å². The molecule has 0 rings (SSSR count). The summed E-state index contributed by atoms with van der Waals surface area (Å²) in [5.74, 6) is 0. The molecule has 6 heavy (non-hydrogen) atoms. The molecule has 0 aromatic rings. The van der Waals surface area contributed by atoms with Gasteiger partial charge in [0.1, 0.15) is 0 Å². The van der Waals surface area contributed by atoms with Crippen molar-refractivity contribution in [2.24, 2.45) is 0 Å². The Kier molecular flexibility index (Phi) is 25.3. The Morgan fingerprint density at radius 3 is 1.33 bits per heavy atom. The Morgan fingerprint density at radius 2 is 1.33 bits per heavy atom. The zero-order valence-electron chi connectivity index (χ0n) is 3.43. The van der Waals surface area contributed by atoms with Crippen LogP contribution in [0.15, 0.2) is 0 Å². The second-order valence-corrected chi connectivity index (χ2v) is 0.750. The molecule has 0 bridgehead atoms. The molecule has 0 aliphatic carbocycles. The van der Waals surface area contributed by atoms with Crippen molar-refractivity contribution < 1.29 is 32.9 Å². The van der Waals surface area contributed by atoms with E-state index >= 15 is 0 Å². The van der Waals surface area contributed by atoms with Crippen LogP contribution in [0.5, 0.6) is 0 Å². The standard InChI is InChI=1S/Ca.Li.O3Si/c;;1-4(2)3/q+2;+1;-2. The van der Waals surface area contributed by atoms with Crippen LogP contribution in [0.3, 0.4) is 0 Å². The van der Waals surface area contributed by atoms with Crippen molar-refractivity contribution in [1.82, 2.24) is 0 Å². The molecule has 3 nitrogen and oxygen atoms in total. The SMILES string of the molecule is O=[Si]([O-])[O-].[Ca+2].[Li+]. The fourth-order valence-electron chi connectivity index (χ4n) is 0. The number of rotatable bonds is 0. The van der Waals surface area contributed by atoms with Gasteiger partial charge in [-0.25, -0.2) is 0 Å². The molecule has 0 radical (unpaired) electrons. The molecule has 0 amide bonds. The van der Waals surface area contributed by atoms with Crippen LogP contribution < -0.4 is 28.5 Å². The Labute approximate surface area is 78.8 Å². The zero-order valence-corrected chi connectivity index (χ0v) is 6.64. The van der Waals surface area contributed by atoms with Crippen LogP contribution in [0, 0.1) is 0 Å². The molecule has 0 atom stereocenters. The molecule has 6 heteroatoms. The van der Waals surface area contributed by atoms with Crippen molar-refractivity contribution >= 4 is 46.9 Å². The maximum atomic E-state index is 8.52. The Balaban J connectivity index is -0.0000000450. The van der Waals surface area contributed by atoms with E-state index in [4.69, 9.17) is 14.1 Å². The van der Waals surface area contributed by atoms with Gasteiger partial charge in [0.05, 0.1) is 0 Å². The van der Waals surface area contributed by atoms with E-state index in [1.807, 2.05) is 0 Å². The van der Waals surface area contributed by atoms with E-state index in [2.05, 4.69) is 0 Å². The number of hydrogen-bond donors (Lipinski definition) is 0. The van der Waals surface area contributed by atoms with Crippen LogP contribution in [0.4, 0.5) is 0 Å². The van der Waals surface area contributed by atoms with Crippen LogP contribution in [-0.4, -0.2) is 46.9 Å². The van der Waals surface area contributed by atoms with Crippen molar-refractivity contribution in [2.75, 3.05) is 0 Å². The van der Waals surface area contributed by atoms with Gasteiger partial charge in [0.2, 0.25) is 0 Å². The fourth-order valence-corrected chi connectivity index (χ4v) is 0. The molecular weight excluding hydrogens is 123 g/mol. The van der Waals surface area contributed by atoms with Gasteiger partial charge in [-0.15, -0.1) is 0 Å². The summed E-state index contributed by atoms with van der Waals surface area (Å²) < 4.78 is 8.52. The first-order valence-electron chi connectivity index (χ1n) is 0.612. The van der Waals surface area contributed by atoms with Gasteiger partial charge in [-0.05, 0) is 0 Å². The summed E-state index contributed by atoms with van der Waals surface area (Å²) in [4.78, 5) is 17.0. The number of hydrogen-bond acceptors (Lipinski definition) is 3. The molecule has 0 fully saturated rings. The van der Waals surface area contributed by atoms with E-state index in [0.717, 1.165) is 0 Å². The van der Waals surface area contributed by atoms with E-state index in [0.29, 0.717) is 0 Å². The molecular formula is CaLiO3Si+. The van der Waals surface area contributed by atoms with Gasteiger partial charge in [-0.3, -0.25) is 0 Å². The van der Waals surface area contributed by atoms with Crippen molar-refractivity contribution in [3.8, 4) is 0 Å². The Morgan fingerprint density at radius 1 is 1.33 bits per heavy atom. The van der Waals surface area contributed by atoms with Gasteiger partial charge in [0.25, 0.3) is 0 Å². The predicted molar refractivity (Wildman–Crippen MR) is 12.2 cm³/mol. The quantitative estimate of drug-likeness (QED) is 0.301. The first-order chi connectivity index (χ1) is 1.73. The topological polar surface area (TPSA) is 63.2 Å². The predicted octanol–water partition coefficient (Wildman–Crippen LogP) is -6.25. The van der Waals surface area contributed by atoms with Crippen LogP contribution in [0.2, 0.25) is 0 Å². The minimum absolute atomic E-state index is 0. The summed E-state index contributed by atoms with van der Waals surface area (Å²) in [6, 6.07) is 0. The van der Waals surface area contributed by atoms with E-state index in [-0.39, 0.29) is 56.6 Å². The summed E-state index contributed by atoms with van der Waals surface area (Å²) in [5.41, 5.74) is 0. The van der Waals surface area contributed by atoms with E-state index in [1.165, 1.54) is 0 Å². The van der Waals surface area contributed by atoms with Crippen molar-refractivity contribution in [2.45, 2.75) is 0 Å². The Bertz CT molecular complexity index is 33.8. The first-order valence-corrected chi connectivity index (χ1v) is 1.84. The Hall–Kier alpha value is 1.47. The molecule has 0 saturated carbocycles. The molecule has 0 aromatic carbocycles. The zero-order chi connectivity index (χ0) is 3.58. The van der Waals surface area contributed by atoms with Crippen LogP contribution in [0.25, 0.3) is 0 Å². The largest absolute Gasteiger partial charge is 2.00 e. The normalized spacial score (nSPS) is 4.00. The third-order valence-electron chi connectivity index (χ3n) is 0. The van der Waals surface area contributed by atoms with E-state index in [1.54, 1.807) is 0 Å². The van der Waals surface area contributed by atoms with Crippen LogP contribution in [0.1, 0.15) is 0 Å². The van der Waals surface area contributed by atoms with Gasteiger partial charge in [-0.1, -0.05) is 0 Å². The maximum Gasteiger partial charge on any atom is 2.00 e. The maximum absolute atomic E-state index is 8.52. The monoisotopic (exact) mass is 123 g/mol. The molecule has 0 aromatic heterocycles. The van der Waals surface area contributed by atoms with Gasteiger partial charge < -0.3 is 14.1 Å². The van der Waals surface area contributed by atoms with Gasteiger partial charge in [0, 0.05) is 9.17 Å². The summed E-state index contributed by atoms with van der Waals surface area (Å²) >= 11 is 0. The first kappa shape index (κ1) is 15.6. The second kappa shape index (κ2) is 9.69. The van der Waals surface area contributed by atoms with Crippen LogP contribution >= 0.6 is 0 Å². The second-order valence-electron chi connectivity index (χ2n) is 0.250. The van der Waals surface area contributed by atoms with E-state index < -0.39 is 9.17 Å². The van der Waals surface area contributed by atoms with Gasteiger partial charge >= 0.3 is 56.6 Å². The molecule has 0 aliphatic rings. The van der Waals surface area contributed by atoms with Crippen molar-refractivity contribution in [3.05, 3.63) is 0 Å². The molecule has 0 spiro atoms. The molecule has 0 saturated heterocycles. The molecule has 0 N–H and O–H groups in total. The fraction of sp³-hybridized carbons (Fsp3) is 0. The summed E-state index contributed by atoms with van der Waals surface area (Å²) in [6.45, 7) is 0. The van der Waals surface area contributed by atoms with Crippen LogP contribution in [-0.2, 0) is 4.46 Å². The summed E-state index contributed by atoms with van der Waals surface area (Å²) in [7, 11) is -3.63. The molecule has 0 aliphatic heterocycles. The summed E-state index contributed by atoms with van der Waals surface area (Å²) in [6.07, 6.45) is 0.